The van der Waals surface area contributed by atoms with Crippen molar-refractivity contribution in [3.8, 4) is 0 Å². The maximum Gasteiger partial charge on any atom is 0.305 e. The summed E-state index contributed by atoms with van der Waals surface area (Å²) in [6.07, 6.45) is -10.2. The van der Waals surface area contributed by atoms with Crippen LogP contribution in [0.5, 0.6) is 0 Å². The molecule has 10 atom stereocenters. The third-order valence-corrected chi connectivity index (χ3v) is 8.47. The molecule has 18 nitrogen and oxygen atoms in total. The largest absolute Gasteiger partial charge is 0.453 e. The van der Waals surface area contributed by atoms with Crippen LogP contribution < -0.4 is 0 Å². The van der Waals surface area contributed by atoms with Crippen molar-refractivity contribution in [3.05, 3.63) is 0 Å². The Bertz CT molecular complexity index is 1270. The summed E-state index contributed by atoms with van der Waals surface area (Å²) in [5, 5.41) is 56.4. The number of carbonyl (C=O) groups is 7. The summed E-state index contributed by atoms with van der Waals surface area (Å²) in [6, 6.07) is 0. The number of ether oxygens (including phenoxy) is 6. The SMILES string of the molecule is CC(=O)O[C@H]1O[C@H](CO)[C@@H](O[C@]2(C(C)=O)O[C@@](Br)(CO)[C@](OC(C)=O)(C(C)=O)[C@](O)(C(C)=O)[C@@]2(O)C(C)=O)[C@@H](O)[C@H]1OC(C)=O. The van der Waals surface area contributed by atoms with Gasteiger partial charge in [0.05, 0.1) is 13.2 Å². The highest BCUT2D eigenvalue weighted by molar-refractivity contribution is 9.10. The monoisotopic (exact) mass is 714 g/mol. The molecule has 45 heavy (non-hydrogen) atoms. The highest BCUT2D eigenvalue weighted by atomic mass is 79.9. The zero-order valence-corrected chi connectivity index (χ0v) is 26.8. The second-order valence-corrected chi connectivity index (χ2v) is 11.8. The van der Waals surface area contributed by atoms with E-state index in [2.05, 4.69) is 15.9 Å². The second-order valence-electron chi connectivity index (χ2n) is 10.5. The van der Waals surface area contributed by atoms with E-state index in [-0.39, 0.29) is 0 Å². The van der Waals surface area contributed by atoms with E-state index in [4.69, 9.17) is 28.4 Å². The summed E-state index contributed by atoms with van der Waals surface area (Å²) in [5.41, 5.74) is -11.6. The summed E-state index contributed by atoms with van der Waals surface area (Å²) >= 11 is 2.82. The number of rotatable bonds is 11. The fraction of sp³-hybridized carbons (Fsp3) is 0.731. The van der Waals surface area contributed by atoms with Crippen molar-refractivity contribution in [2.45, 2.75) is 106 Å². The van der Waals surface area contributed by atoms with Crippen molar-refractivity contribution < 1.29 is 87.5 Å². The quantitative estimate of drug-likeness (QED) is 0.0804. The maximum absolute atomic E-state index is 13.6. The molecule has 2 aliphatic heterocycles. The first kappa shape index (κ1) is 38.4. The van der Waals surface area contributed by atoms with Gasteiger partial charge in [-0.2, -0.15) is 0 Å². The van der Waals surface area contributed by atoms with Crippen LogP contribution in [0.2, 0.25) is 0 Å². The predicted octanol–water partition coefficient (Wildman–Crippen LogP) is -3.13. The Kier molecular flexibility index (Phi) is 11.2. The summed E-state index contributed by atoms with van der Waals surface area (Å²) in [7, 11) is 0. The Hall–Kier alpha value is -2.75. The van der Waals surface area contributed by atoms with Gasteiger partial charge in [-0.05, 0) is 36.7 Å². The van der Waals surface area contributed by atoms with E-state index in [0.717, 1.165) is 13.8 Å². The van der Waals surface area contributed by atoms with Gasteiger partial charge in [-0.15, -0.1) is 0 Å². The van der Waals surface area contributed by atoms with Gasteiger partial charge in [0.15, 0.2) is 33.7 Å². The topological polar surface area (TPSA) is 276 Å². The predicted molar refractivity (Wildman–Crippen MR) is 144 cm³/mol. The minimum atomic E-state index is -4.07. The number of hydrogen-bond acceptors (Lipinski definition) is 18. The Morgan fingerprint density at radius 1 is 0.733 bits per heavy atom. The first-order chi connectivity index (χ1) is 20.5. The van der Waals surface area contributed by atoms with Crippen LogP contribution in [0, 0.1) is 0 Å². The van der Waals surface area contributed by atoms with E-state index in [0.29, 0.717) is 34.6 Å². The second kappa shape index (κ2) is 13.2. The number of halogens is 1. The van der Waals surface area contributed by atoms with E-state index in [9.17, 15) is 59.1 Å². The molecule has 0 bridgehead atoms. The summed E-state index contributed by atoms with van der Waals surface area (Å²) in [5.74, 6) is -13.6. The fourth-order valence-corrected chi connectivity index (χ4v) is 6.57. The molecule has 254 valence electrons. The van der Waals surface area contributed by atoms with Gasteiger partial charge in [0.2, 0.25) is 23.1 Å². The van der Waals surface area contributed by atoms with E-state index < -0.39 is 112 Å². The molecule has 0 aliphatic carbocycles. The van der Waals surface area contributed by atoms with Gasteiger partial charge >= 0.3 is 17.9 Å². The molecule has 0 amide bonds. The summed E-state index contributed by atoms with van der Waals surface area (Å²) in [6.45, 7) is 2.21. The molecule has 2 saturated heterocycles. The molecule has 0 aromatic carbocycles. The number of carbonyl (C=O) groups excluding carboxylic acids is 7. The van der Waals surface area contributed by atoms with Crippen LogP contribution in [-0.4, -0.2) is 138 Å². The zero-order valence-electron chi connectivity index (χ0n) is 25.2. The van der Waals surface area contributed by atoms with E-state index in [1.54, 1.807) is 0 Å². The fourth-order valence-electron chi connectivity index (χ4n) is 5.70. The standard InChI is InChI=1S/C26H35BrO18/c1-10(30)23(38)24(39,11(2)31)26(13(4)33,45-22(27,9-29)25(23,12(3)32)43-16(7)36)44-19-17(8-28)42-21(41-15(6)35)20(18(19)37)40-14(5)34/h17-21,28-29,37-39H,8-9H2,1-7H3/t17-,18-,19-,20-,21+,22+,23+,24+,25-,26-/m1/s1. The van der Waals surface area contributed by atoms with Gasteiger partial charge in [-0.25, -0.2) is 0 Å². The maximum atomic E-state index is 13.6. The van der Waals surface area contributed by atoms with Gasteiger partial charge < -0.3 is 54.0 Å². The molecule has 2 rings (SSSR count). The lowest BCUT2D eigenvalue weighted by molar-refractivity contribution is -0.428. The van der Waals surface area contributed by atoms with Crippen molar-refractivity contribution in [1.29, 1.82) is 0 Å². The Morgan fingerprint density at radius 3 is 1.60 bits per heavy atom. The van der Waals surface area contributed by atoms with Crippen LogP contribution >= 0.6 is 15.9 Å². The van der Waals surface area contributed by atoms with Crippen molar-refractivity contribution >= 4 is 57.0 Å². The number of Topliss-reactive ketones (excluding diaryl/α,β-unsaturated/α-hetero) is 4. The smallest absolute Gasteiger partial charge is 0.305 e. The molecule has 0 unspecified atom stereocenters. The van der Waals surface area contributed by atoms with Gasteiger partial charge in [0.25, 0.3) is 5.79 Å². The van der Waals surface area contributed by atoms with Crippen molar-refractivity contribution in [2.75, 3.05) is 13.2 Å². The van der Waals surface area contributed by atoms with Crippen LogP contribution in [-0.2, 0) is 62.0 Å². The number of aliphatic hydroxyl groups is 5. The van der Waals surface area contributed by atoms with Gasteiger partial charge in [0, 0.05) is 27.7 Å². The van der Waals surface area contributed by atoms with E-state index in [1.807, 2.05) is 0 Å². The molecule has 5 N–H and O–H groups in total. The Labute approximate surface area is 264 Å². The molecule has 2 aliphatic rings. The molecule has 0 saturated carbocycles. The number of alkyl halides is 1. The van der Waals surface area contributed by atoms with Crippen LogP contribution in [0.25, 0.3) is 0 Å². The molecule has 0 radical (unpaired) electrons. The molecule has 0 spiro atoms. The Balaban J connectivity index is 3.06. The third kappa shape index (κ3) is 5.63. The van der Waals surface area contributed by atoms with Gasteiger partial charge in [0.1, 0.15) is 18.3 Å². The molecule has 0 aromatic heterocycles. The van der Waals surface area contributed by atoms with Crippen molar-refractivity contribution in [1.82, 2.24) is 0 Å². The minimum Gasteiger partial charge on any atom is -0.453 e. The normalized spacial score (nSPS) is 39.7. The van der Waals surface area contributed by atoms with Gasteiger partial charge in [-0.1, -0.05) is 0 Å². The molecule has 2 fully saturated rings. The third-order valence-electron chi connectivity index (χ3n) is 7.50. The van der Waals surface area contributed by atoms with Crippen molar-refractivity contribution in [3.63, 3.8) is 0 Å². The molecule has 2 heterocycles. The lowest BCUT2D eigenvalue weighted by Gasteiger charge is -2.64. The highest BCUT2D eigenvalue weighted by Crippen LogP contribution is 2.60. The molecular formula is C26H35BrO18. The lowest BCUT2D eigenvalue weighted by Crippen LogP contribution is -2.94. The van der Waals surface area contributed by atoms with Crippen LogP contribution in [0.4, 0.5) is 0 Å². The van der Waals surface area contributed by atoms with Gasteiger partial charge in [-0.3, -0.25) is 33.6 Å². The zero-order chi connectivity index (χ0) is 35.1. The average Bonchev–Trinajstić information content (AvgIpc) is 2.91. The van der Waals surface area contributed by atoms with E-state index in [1.165, 1.54) is 0 Å². The van der Waals surface area contributed by atoms with Crippen LogP contribution in [0.3, 0.4) is 0 Å². The van der Waals surface area contributed by atoms with Crippen LogP contribution in [0.1, 0.15) is 48.5 Å². The highest BCUT2D eigenvalue weighted by Gasteiger charge is 2.90. The summed E-state index contributed by atoms with van der Waals surface area (Å²) < 4.78 is 28.9. The number of ketones is 4. The molecular weight excluding hydrogens is 680 g/mol. The number of hydrogen-bond donors (Lipinski definition) is 5. The number of esters is 3. The average molecular weight is 715 g/mol. The minimum absolute atomic E-state index is 0.535. The first-order valence-electron chi connectivity index (χ1n) is 13.2. The molecule has 19 heteroatoms. The first-order valence-corrected chi connectivity index (χ1v) is 14.0. The van der Waals surface area contributed by atoms with Crippen molar-refractivity contribution in [2.24, 2.45) is 0 Å². The number of aliphatic hydroxyl groups excluding tert-OH is 3. The molecule has 0 aromatic rings. The lowest BCUT2D eigenvalue weighted by atomic mass is 9.57. The van der Waals surface area contributed by atoms with E-state index >= 15 is 0 Å². The summed E-state index contributed by atoms with van der Waals surface area (Å²) in [4.78, 5) is 89.6. The Morgan fingerprint density at radius 2 is 1.24 bits per heavy atom. The van der Waals surface area contributed by atoms with Crippen LogP contribution in [0.15, 0.2) is 0 Å².